The highest BCUT2D eigenvalue weighted by molar-refractivity contribution is 14.0. The standard InChI is InChI=1S/C20H25ClN4O2.HI/c1-3-22-20(25-14(2)17-6-4-5-7-18(17)21)24-13-12-23-19(27)15-8-10-16(26)11-9-15;/h4-11,14,26H,3,12-13H2,1-2H3,(H,23,27)(H2,22,24,25);1H. The van der Waals surface area contributed by atoms with Gasteiger partial charge in [0.05, 0.1) is 12.6 Å². The molecule has 0 radical (unpaired) electrons. The zero-order chi connectivity index (χ0) is 19.6. The second kappa shape index (κ2) is 12.5. The zero-order valence-electron chi connectivity index (χ0n) is 15.9. The van der Waals surface area contributed by atoms with Crippen molar-refractivity contribution in [3.8, 4) is 5.75 Å². The van der Waals surface area contributed by atoms with Gasteiger partial charge in [-0.2, -0.15) is 0 Å². The number of carbonyl (C=O) groups is 1. The smallest absolute Gasteiger partial charge is 0.251 e. The van der Waals surface area contributed by atoms with Crippen molar-refractivity contribution < 1.29 is 9.90 Å². The summed E-state index contributed by atoms with van der Waals surface area (Å²) in [4.78, 5) is 16.5. The van der Waals surface area contributed by atoms with Crippen molar-refractivity contribution in [1.29, 1.82) is 0 Å². The lowest BCUT2D eigenvalue weighted by Crippen LogP contribution is -2.39. The summed E-state index contributed by atoms with van der Waals surface area (Å²) in [6.45, 7) is 5.55. The number of amides is 1. The molecule has 0 aliphatic heterocycles. The molecule has 152 valence electrons. The minimum Gasteiger partial charge on any atom is -0.508 e. The molecule has 0 aliphatic rings. The second-order valence-corrected chi connectivity index (χ2v) is 6.36. The lowest BCUT2D eigenvalue weighted by atomic mass is 10.1. The second-order valence-electron chi connectivity index (χ2n) is 5.95. The molecule has 0 fully saturated rings. The fourth-order valence-corrected chi connectivity index (χ4v) is 2.78. The summed E-state index contributed by atoms with van der Waals surface area (Å²) in [6, 6.07) is 13.8. The molecule has 2 aromatic rings. The van der Waals surface area contributed by atoms with E-state index in [1.54, 1.807) is 12.1 Å². The minimum atomic E-state index is -0.201. The lowest BCUT2D eigenvalue weighted by Gasteiger charge is -2.19. The molecule has 0 heterocycles. The highest BCUT2D eigenvalue weighted by atomic mass is 127. The molecule has 1 atom stereocenters. The van der Waals surface area contributed by atoms with Gasteiger partial charge < -0.3 is 21.1 Å². The number of aliphatic imine (C=N–C) groups is 1. The highest BCUT2D eigenvalue weighted by Gasteiger charge is 2.10. The van der Waals surface area contributed by atoms with Crippen LogP contribution in [0.15, 0.2) is 53.5 Å². The van der Waals surface area contributed by atoms with E-state index in [0.29, 0.717) is 29.6 Å². The summed E-state index contributed by atoms with van der Waals surface area (Å²) in [7, 11) is 0. The Kier molecular flexibility index (Phi) is 10.7. The van der Waals surface area contributed by atoms with Crippen LogP contribution in [0.4, 0.5) is 0 Å². The number of rotatable bonds is 7. The molecule has 0 saturated heterocycles. The van der Waals surface area contributed by atoms with E-state index in [4.69, 9.17) is 11.6 Å². The van der Waals surface area contributed by atoms with Crippen LogP contribution in [-0.4, -0.2) is 36.6 Å². The number of hydrogen-bond acceptors (Lipinski definition) is 3. The number of nitrogens with one attached hydrogen (secondary N) is 3. The van der Waals surface area contributed by atoms with Gasteiger partial charge in [-0.25, -0.2) is 0 Å². The third-order valence-electron chi connectivity index (χ3n) is 3.87. The molecule has 4 N–H and O–H groups in total. The summed E-state index contributed by atoms with van der Waals surface area (Å²) in [5, 5.41) is 19.3. The summed E-state index contributed by atoms with van der Waals surface area (Å²) < 4.78 is 0. The number of phenolic OH excluding ortho intramolecular Hbond substituents is 1. The summed E-state index contributed by atoms with van der Waals surface area (Å²) in [5.74, 6) is 0.585. The maximum atomic E-state index is 12.0. The topological polar surface area (TPSA) is 85.8 Å². The average molecular weight is 517 g/mol. The first-order valence-corrected chi connectivity index (χ1v) is 9.25. The van der Waals surface area contributed by atoms with Gasteiger partial charge in [0, 0.05) is 23.7 Å². The fourth-order valence-electron chi connectivity index (χ4n) is 2.48. The fraction of sp³-hybridized carbons (Fsp3) is 0.300. The molecular formula is C20H26ClIN4O2. The van der Waals surface area contributed by atoms with Gasteiger partial charge >= 0.3 is 0 Å². The van der Waals surface area contributed by atoms with Crippen molar-refractivity contribution in [2.45, 2.75) is 19.9 Å². The Bertz CT molecular complexity index is 784. The Morgan fingerprint density at radius 3 is 2.46 bits per heavy atom. The van der Waals surface area contributed by atoms with Crippen LogP contribution in [0.25, 0.3) is 0 Å². The summed E-state index contributed by atoms with van der Waals surface area (Å²) in [5.41, 5.74) is 1.49. The first kappa shape index (κ1) is 24.0. The first-order valence-electron chi connectivity index (χ1n) is 8.87. The molecule has 6 nitrogen and oxygen atoms in total. The number of hydrogen-bond donors (Lipinski definition) is 4. The van der Waals surface area contributed by atoms with E-state index >= 15 is 0 Å². The van der Waals surface area contributed by atoms with Gasteiger partial charge in [0.2, 0.25) is 0 Å². The number of carbonyl (C=O) groups excluding carboxylic acids is 1. The van der Waals surface area contributed by atoms with Crippen LogP contribution in [0.2, 0.25) is 5.02 Å². The quantitative estimate of drug-likeness (QED) is 0.196. The van der Waals surface area contributed by atoms with Crippen molar-refractivity contribution in [3.05, 3.63) is 64.7 Å². The van der Waals surface area contributed by atoms with Gasteiger partial charge in [-0.15, -0.1) is 24.0 Å². The van der Waals surface area contributed by atoms with E-state index in [1.807, 2.05) is 38.1 Å². The lowest BCUT2D eigenvalue weighted by molar-refractivity contribution is 0.0955. The van der Waals surface area contributed by atoms with Gasteiger partial charge in [0.25, 0.3) is 5.91 Å². The van der Waals surface area contributed by atoms with Gasteiger partial charge in [0.1, 0.15) is 5.75 Å². The van der Waals surface area contributed by atoms with Crippen LogP contribution in [-0.2, 0) is 0 Å². The predicted octanol–water partition coefficient (Wildman–Crippen LogP) is 3.71. The molecule has 0 saturated carbocycles. The normalized spacial score (nSPS) is 11.9. The number of benzene rings is 2. The Morgan fingerprint density at radius 1 is 1.14 bits per heavy atom. The van der Waals surface area contributed by atoms with E-state index < -0.39 is 0 Å². The molecule has 0 bridgehead atoms. The van der Waals surface area contributed by atoms with Gasteiger partial charge in [-0.05, 0) is 49.7 Å². The molecule has 1 amide bonds. The molecule has 1 unspecified atom stereocenters. The van der Waals surface area contributed by atoms with E-state index in [2.05, 4.69) is 20.9 Å². The van der Waals surface area contributed by atoms with E-state index in [0.717, 1.165) is 12.1 Å². The number of halogens is 2. The van der Waals surface area contributed by atoms with Crippen molar-refractivity contribution in [2.75, 3.05) is 19.6 Å². The third-order valence-corrected chi connectivity index (χ3v) is 4.21. The van der Waals surface area contributed by atoms with E-state index in [1.165, 1.54) is 12.1 Å². The number of guanidine groups is 1. The molecule has 2 rings (SSSR count). The largest absolute Gasteiger partial charge is 0.508 e. The highest BCUT2D eigenvalue weighted by Crippen LogP contribution is 2.21. The Labute approximate surface area is 187 Å². The molecule has 28 heavy (non-hydrogen) atoms. The van der Waals surface area contributed by atoms with Gasteiger partial charge in [-0.1, -0.05) is 29.8 Å². The molecule has 0 aliphatic carbocycles. The molecule has 0 spiro atoms. The van der Waals surface area contributed by atoms with Crippen molar-refractivity contribution in [3.63, 3.8) is 0 Å². The molecule has 0 aromatic heterocycles. The van der Waals surface area contributed by atoms with Crippen molar-refractivity contribution in [2.24, 2.45) is 4.99 Å². The van der Waals surface area contributed by atoms with Crippen LogP contribution in [0.5, 0.6) is 5.75 Å². The average Bonchev–Trinajstić information content (AvgIpc) is 2.66. The SMILES string of the molecule is CCNC(=NCCNC(=O)c1ccc(O)cc1)NC(C)c1ccccc1Cl.I. The van der Waals surface area contributed by atoms with E-state index in [-0.39, 0.29) is 41.7 Å². The van der Waals surface area contributed by atoms with Crippen LogP contribution >= 0.6 is 35.6 Å². The summed E-state index contributed by atoms with van der Waals surface area (Å²) >= 11 is 6.25. The minimum absolute atomic E-state index is 0. The van der Waals surface area contributed by atoms with Crippen molar-refractivity contribution >= 4 is 47.4 Å². The maximum Gasteiger partial charge on any atom is 0.251 e. The van der Waals surface area contributed by atoms with Crippen LogP contribution < -0.4 is 16.0 Å². The Hall–Kier alpha value is -2.00. The predicted molar refractivity (Wildman–Crippen MR) is 125 cm³/mol. The first-order chi connectivity index (χ1) is 13.0. The molecule has 8 heteroatoms. The van der Waals surface area contributed by atoms with Crippen LogP contribution in [0, 0.1) is 0 Å². The summed E-state index contributed by atoms with van der Waals surface area (Å²) in [6.07, 6.45) is 0. The number of aromatic hydroxyl groups is 1. The number of nitrogens with zero attached hydrogens (tertiary/aromatic N) is 1. The Balaban J connectivity index is 0.00000392. The van der Waals surface area contributed by atoms with Crippen LogP contribution in [0.1, 0.15) is 35.8 Å². The monoisotopic (exact) mass is 516 g/mol. The third kappa shape index (κ3) is 7.55. The van der Waals surface area contributed by atoms with Crippen LogP contribution in [0.3, 0.4) is 0 Å². The molecular weight excluding hydrogens is 491 g/mol. The molecule has 2 aromatic carbocycles. The van der Waals surface area contributed by atoms with Gasteiger partial charge in [0.15, 0.2) is 5.96 Å². The zero-order valence-corrected chi connectivity index (χ0v) is 19.0. The van der Waals surface area contributed by atoms with Crippen molar-refractivity contribution in [1.82, 2.24) is 16.0 Å². The van der Waals surface area contributed by atoms with E-state index in [9.17, 15) is 9.90 Å². The maximum absolute atomic E-state index is 12.0. The number of phenols is 1. The Morgan fingerprint density at radius 2 is 1.82 bits per heavy atom. The van der Waals surface area contributed by atoms with Gasteiger partial charge in [-0.3, -0.25) is 9.79 Å².